The van der Waals surface area contributed by atoms with E-state index >= 15 is 0 Å². The molecule has 7 nitrogen and oxygen atoms in total. The second-order valence-corrected chi connectivity index (χ2v) is 7.29. The van der Waals surface area contributed by atoms with Gasteiger partial charge in [-0.2, -0.15) is 5.10 Å². The molecule has 1 amide bonds. The number of sulfone groups is 1. The Balaban J connectivity index is 1.54. The van der Waals surface area contributed by atoms with Crippen molar-refractivity contribution in [2.45, 2.75) is 17.5 Å². The van der Waals surface area contributed by atoms with Crippen LogP contribution in [0.15, 0.2) is 41.3 Å². The molecule has 0 N–H and O–H groups in total. The molecule has 8 heteroatoms. The normalized spacial score (nSPS) is 15.9. The fraction of sp³-hybridized carbons (Fsp3) is 0.385. The zero-order valence-electron chi connectivity index (χ0n) is 11.3. The van der Waals surface area contributed by atoms with Crippen molar-refractivity contribution in [1.82, 2.24) is 14.7 Å². The zero-order valence-corrected chi connectivity index (χ0v) is 12.1. The lowest BCUT2D eigenvalue weighted by atomic mass is 10.2. The zero-order chi connectivity index (χ0) is 14.9. The monoisotopic (exact) mass is 309 g/mol. The second-order valence-electron chi connectivity index (χ2n) is 5.01. The molecule has 0 spiro atoms. The van der Waals surface area contributed by atoms with E-state index < -0.39 is 15.1 Å². The predicted octanol–water partition coefficient (Wildman–Crippen LogP) is 0.302. The number of amides is 1. The summed E-state index contributed by atoms with van der Waals surface area (Å²) in [5.74, 6) is 0.186. The van der Waals surface area contributed by atoms with Crippen LogP contribution in [0.3, 0.4) is 0 Å². The van der Waals surface area contributed by atoms with Crippen molar-refractivity contribution in [3.63, 3.8) is 0 Å². The van der Waals surface area contributed by atoms with Crippen LogP contribution in [0.1, 0.15) is 5.76 Å². The molecule has 1 fully saturated rings. The van der Waals surface area contributed by atoms with Crippen LogP contribution in [0.2, 0.25) is 0 Å². The van der Waals surface area contributed by atoms with E-state index in [1.54, 1.807) is 30.6 Å². The van der Waals surface area contributed by atoms with Gasteiger partial charge in [0.2, 0.25) is 5.91 Å². The van der Waals surface area contributed by atoms with Gasteiger partial charge in [0.05, 0.1) is 11.5 Å². The third-order valence-electron chi connectivity index (χ3n) is 3.49. The van der Waals surface area contributed by atoms with Crippen LogP contribution >= 0.6 is 0 Å². The van der Waals surface area contributed by atoms with Crippen LogP contribution in [0.4, 0.5) is 0 Å². The third-order valence-corrected chi connectivity index (χ3v) is 5.49. The molecule has 0 aliphatic carbocycles. The first-order valence-electron chi connectivity index (χ1n) is 6.54. The lowest BCUT2D eigenvalue weighted by Gasteiger charge is -2.38. The Bertz CT molecular complexity index is 701. The Morgan fingerprint density at radius 1 is 1.38 bits per heavy atom. The number of carbonyl (C=O) groups excluding carboxylic acids is 1. The second kappa shape index (κ2) is 5.36. The summed E-state index contributed by atoms with van der Waals surface area (Å²) in [4.78, 5) is 13.5. The van der Waals surface area contributed by atoms with Crippen molar-refractivity contribution in [1.29, 1.82) is 0 Å². The molecule has 1 aliphatic heterocycles. The maximum absolute atomic E-state index is 12.1. The SMILES string of the molecule is O=C(Cn1cccn1)N1CC(S(=O)(=O)Cc2ccco2)C1. The fourth-order valence-corrected chi connectivity index (χ4v) is 3.82. The van der Waals surface area contributed by atoms with Crippen molar-refractivity contribution in [2.24, 2.45) is 0 Å². The molecule has 0 aromatic carbocycles. The average molecular weight is 309 g/mol. The molecule has 3 rings (SSSR count). The Labute approximate surface area is 122 Å². The first kappa shape index (κ1) is 13.9. The lowest BCUT2D eigenvalue weighted by Crippen LogP contribution is -2.57. The van der Waals surface area contributed by atoms with E-state index in [0.717, 1.165) is 0 Å². The summed E-state index contributed by atoms with van der Waals surface area (Å²) in [6.07, 6.45) is 4.74. The van der Waals surface area contributed by atoms with E-state index in [9.17, 15) is 13.2 Å². The minimum absolute atomic E-state index is 0.119. The topological polar surface area (TPSA) is 85.4 Å². The number of nitrogens with zero attached hydrogens (tertiary/aromatic N) is 3. The number of furan rings is 1. The van der Waals surface area contributed by atoms with Crippen LogP contribution < -0.4 is 0 Å². The highest BCUT2D eigenvalue weighted by Crippen LogP contribution is 2.21. The van der Waals surface area contributed by atoms with Crippen molar-refractivity contribution >= 4 is 15.7 Å². The van der Waals surface area contributed by atoms with Gasteiger partial charge in [-0.25, -0.2) is 8.42 Å². The van der Waals surface area contributed by atoms with Crippen molar-refractivity contribution in [3.8, 4) is 0 Å². The molecule has 2 aromatic heterocycles. The number of aromatic nitrogens is 2. The molecule has 0 atom stereocenters. The number of hydrogen-bond donors (Lipinski definition) is 0. The molecular weight excluding hydrogens is 294 g/mol. The van der Waals surface area contributed by atoms with Crippen LogP contribution in [0, 0.1) is 0 Å². The summed E-state index contributed by atoms with van der Waals surface area (Å²) >= 11 is 0. The van der Waals surface area contributed by atoms with Crippen LogP contribution in [0.5, 0.6) is 0 Å². The van der Waals surface area contributed by atoms with E-state index in [4.69, 9.17) is 4.42 Å². The summed E-state index contributed by atoms with van der Waals surface area (Å²) < 4.78 is 30.9. The lowest BCUT2D eigenvalue weighted by molar-refractivity contribution is -0.135. The van der Waals surface area contributed by atoms with Gasteiger partial charge in [-0.1, -0.05) is 0 Å². The minimum Gasteiger partial charge on any atom is -0.468 e. The molecule has 0 radical (unpaired) electrons. The van der Waals surface area contributed by atoms with E-state index in [0.29, 0.717) is 5.76 Å². The molecule has 21 heavy (non-hydrogen) atoms. The van der Waals surface area contributed by atoms with E-state index in [-0.39, 0.29) is 31.3 Å². The van der Waals surface area contributed by atoms with Gasteiger partial charge >= 0.3 is 0 Å². The van der Waals surface area contributed by atoms with Crippen LogP contribution in [-0.4, -0.2) is 47.3 Å². The average Bonchev–Trinajstić information content (AvgIpc) is 2.99. The van der Waals surface area contributed by atoms with E-state index in [1.807, 2.05) is 0 Å². The Kier molecular flexibility index (Phi) is 3.54. The van der Waals surface area contributed by atoms with Crippen LogP contribution in [0.25, 0.3) is 0 Å². The quantitative estimate of drug-likeness (QED) is 0.793. The highest BCUT2D eigenvalue weighted by Gasteiger charge is 2.39. The molecule has 3 heterocycles. The smallest absolute Gasteiger partial charge is 0.244 e. The van der Waals surface area contributed by atoms with Gasteiger partial charge in [0, 0.05) is 25.5 Å². The number of carbonyl (C=O) groups is 1. The maximum atomic E-state index is 12.1. The van der Waals surface area contributed by atoms with Gasteiger partial charge < -0.3 is 9.32 Å². The highest BCUT2D eigenvalue weighted by atomic mass is 32.2. The van der Waals surface area contributed by atoms with Gasteiger partial charge in [0.25, 0.3) is 0 Å². The molecule has 1 aliphatic rings. The van der Waals surface area contributed by atoms with Gasteiger partial charge in [-0.05, 0) is 18.2 Å². The van der Waals surface area contributed by atoms with Crippen molar-refractivity contribution in [3.05, 3.63) is 42.6 Å². The van der Waals surface area contributed by atoms with E-state index in [2.05, 4.69) is 5.10 Å². The molecule has 112 valence electrons. The molecule has 0 unspecified atom stereocenters. The van der Waals surface area contributed by atoms with Crippen molar-refractivity contribution < 1.29 is 17.6 Å². The van der Waals surface area contributed by atoms with Crippen LogP contribution in [-0.2, 0) is 26.9 Å². The van der Waals surface area contributed by atoms with E-state index in [1.165, 1.54) is 15.8 Å². The largest absolute Gasteiger partial charge is 0.468 e. The van der Waals surface area contributed by atoms with Gasteiger partial charge in [0.15, 0.2) is 9.84 Å². The number of rotatable bonds is 5. The molecule has 0 saturated carbocycles. The van der Waals surface area contributed by atoms with Gasteiger partial charge in [-0.15, -0.1) is 0 Å². The Morgan fingerprint density at radius 3 is 2.81 bits per heavy atom. The number of hydrogen-bond acceptors (Lipinski definition) is 5. The highest BCUT2D eigenvalue weighted by molar-refractivity contribution is 7.91. The van der Waals surface area contributed by atoms with Gasteiger partial charge in [-0.3, -0.25) is 9.48 Å². The standard InChI is InChI=1S/C13H15N3O4S/c17-13(9-16-5-2-4-14-16)15-7-12(8-15)21(18,19)10-11-3-1-6-20-11/h1-6,12H,7-10H2. The minimum atomic E-state index is -3.29. The summed E-state index contributed by atoms with van der Waals surface area (Å²) in [6, 6.07) is 5.03. The first-order chi connectivity index (χ1) is 10.0. The number of likely N-dealkylation sites (tertiary alicyclic amines) is 1. The summed E-state index contributed by atoms with van der Waals surface area (Å²) in [5, 5.41) is 3.44. The Morgan fingerprint density at radius 2 is 2.19 bits per heavy atom. The third kappa shape index (κ3) is 2.99. The summed E-state index contributed by atoms with van der Waals surface area (Å²) in [5.41, 5.74) is 0. The summed E-state index contributed by atoms with van der Waals surface area (Å²) in [7, 11) is -3.29. The molecule has 1 saturated heterocycles. The maximum Gasteiger partial charge on any atom is 0.244 e. The molecular formula is C13H15N3O4S. The fourth-order valence-electron chi connectivity index (χ4n) is 2.21. The summed E-state index contributed by atoms with van der Waals surface area (Å²) in [6.45, 7) is 0.615. The first-order valence-corrected chi connectivity index (χ1v) is 8.25. The Hall–Kier alpha value is -2.09. The molecule has 0 bridgehead atoms. The predicted molar refractivity (Wildman–Crippen MR) is 73.9 cm³/mol. The van der Waals surface area contributed by atoms with Crippen molar-refractivity contribution in [2.75, 3.05) is 13.1 Å². The molecule has 2 aromatic rings. The van der Waals surface area contributed by atoms with Gasteiger partial charge in [0.1, 0.15) is 18.1 Å².